The van der Waals surface area contributed by atoms with Crippen LogP contribution >= 0.6 is 0 Å². The van der Waals surface area contributed by atoms with Crippen LogP contribution in [0, 0.1) is 39.0 Å². The highest BCUT2D eigenvalue weighted by molar-refractivity contribution is 6.12. The predicted molar refractivity (Wildman–Crippen MR) is 206 cm³/mol. The molecule has 9 heteroatoms. The molecule has 0 radical (unpaired) electrons. The summed E-state index contributed by atoms with van der Waals surface area (Å²) in [4.78, 5) is 0. The zero-order valence-electron chi connectivity index (χ0n) is 30.4. The molecule has 0 N–H and O–H groups in total. The monoisotopic (exact) mass is 731 g/mol. The van der Waals surface area contributed by atoms with Crippen LogP contribution in [0.5, 0.6) is 0 Å². The minimum absolute atomic E-state index is 0.0753. The number of aryl methyl sites for hydroxylation is 4. The molecule has 3 nitrogen and oxygen atoms in total. The first-order valence-electron chi connectivity index (χ1n) is 17.6. The molecule has 0 saturated carbocycles. The van der Waals surface area contributed by atoms with Gasteiger partial charge in [0.15, 0.2) is 0 Å². The molecule has 0 atom stereocenters. The molecule has 0 amide bonds. The summed E-state index contributed by atoms with van der Waals surface area (Å²) in [6.45, 7) is 11.6. The van der Waals surface area contributed by atoms with Crippen LogP contribution in [-0.2, 0) is 12.4 Å². The van der Waals surface area contributed by atoms with Crippen molar-refractivity contribution in [1.82, 2.24) is 9.13 Å². The summed E-state index contributed by atoms with van der Waals surface area (Å²) < 4.78 is 92.7. The fourth-order valence-electron chi connectivity index (χ4n) is 7.60. The lowest BCUT2D eigenvalue weighted by Gasteiger charge is -2.24. The smallest absolute Gasteiger partial charge is 0.308 e. The van der Waals surface area contributed by atoms with Crippen molar-refractivity contribution in [2.24, 2.45) is 0 Å². The van der Waals surface area contributed by atoms with Gasteiger partial charge in [0.25, 0.3) is 0 Å². The van der Waals surface area contributed by atoms with Gasteiger partial charge in [-0.3, -0.25) is 0 Å². The number of hydrogen-bond acceptors (Lipinski definition) is 1. The first kappa shape index (κ1) is 36.4. The summed E-state index contributed by atoms with van der Waals surface area (Å²) in [6, 6.07) is 30.2. The van der Waals surface area contributed by atoms with E-state index in [2.05, 4.69) is 6.07 Å². The van der Waals surface area contributed by atoms with Gasteiger partial charge in [0.05, 0.1) is 44.6 Å². The van der Waals surface area contributed by atoms with Gasteiger partial charge >= 0.3 is 12.4 Å². The first-order chi connectivity index (χ1) is 25.7. The molecule has 272 valence electrons. The van der Waals surface area contributed by atoms with E-state index in [9.17, 15) is 31.6 Å². The normalized spacial score (nSPS) is 12.1. The van der Waals surface area contributed by atoms with E-state index in [1.54, 1.807) is 4.57 Å². The number of benzene rings is 6. The molecule has 0 aliphatic rings. The SMILES string of the molecule is CC.Cc1ccc2c3ccc(C)cc3n(-c3ccc(-c4c(C(F)(F)F)cccc4C(F)(F)F)c(-n4c5cc(C)ccc5c5ccc(C)cc54)c3C#N)c2c1. The molecule has 6 aromatic carbocycles. The van der Waals surface area contributed by atoms with Crippen LogP contribution in [0.15, 0.2) is 103 Å². The third-order valence-corrected chi connectivity index (χ3v) is 9.83. The predicted octanol–water partition coefficient (Wildman–Crippen LogP) is 13.7. The topological polar surface area (TPSA) is 33.6 Å². The van der Waals surface area contributed by atoms with Crippen LogP contribution in [0.2, 0.25) is 0 Å². The number of aromatic nitrogens is 2. The fourth-order valence-corrected chi connectivity index (χ4v) is 7.60. The number of hydrogen-bond donors (Lipinski definition) is 0. The molecule has 0 bridgehead atoms. The summed E-state index contributed by atoms with van der Waals surface area (Å²) in [5.74, 6) is 0. The molecule has 0 saturated heterocycles. The highest BCUT2D eigenvalue weighted by Crippen LogP contribution is 2.49. The van der Waals surface area contributed by atoms with Gasteiger partial charge in [-0.2, -0.15) is 31.6 Å². The van der Waals surface area contributed by atoms with Crippen LogP contribution in [0.3, 0.4) is 0 Å². The molecule has 8 rings (SSSR count). The molecule has 0 aliphatic carbocycles. The van der Waals surface area contributed by atoms with Crippen LogP contribution in [0.4, 0.5) is 26.3 Å². The summed E-state index contributed by atoms with van der Waals surface area (Å²) in [6.07, 6.45) is -10.3. The Morgan fingerprint density at radius 3 is 1.22 bits per heavy atom. The van der Waals surface area contributed by atoms with Crippen molar-refractivity contribution in [1.29, 1.82) is 5.26 Å². The fraction of sp³-hybridized carbons (Fsp3) is 0.178. The van der Waals surface area contributed by atoms with Crippen molar-refractivity contribution in [2.75, 3.05) is 0 Å². The number of rotatable bonds is 3. The Hall–Kier alpha value is -6.01. The van der Waals surface area contributed by atoms with E-state index < -0.39 is 29.0 Å². The zero-order valence-corrected chi connectivity index (χ0v) is 30.4. The van der Waals surface area contributed by atoms with Crippen molar-refractivity contribution in [2.45, 2.75) is 53.9 Å². The highest BCUT2D eigenvalue weighted by Gasteiger charge is 2.42. The largest absolute Gasteiger partial charge is 0.417 e. The third-order valence-electron chi connectivity index (χ3n) is 9.83. The number of alkyl halides is 6. The van der Waals surface area contributed by atoms with Crippen molar-refractivity contribution in [3.05, 3.63) is 142 Å². The Morgan fingerprint density at radius 1 is 0.500 bits per heavy atom. The minimum Gasteiger partial charge on any atom is -0.308 e. The van der Waals surface area contributed by atoms with E-state index in [1.807, 2.05) is 119 Å². The molecule has 2 aromatic heterocycles. The summed E-state index contributed by atoms with van der Waals surface area (Å²) >= 11 is 0. The van der Waals surface area contributed by atoms with Crippen molar-refractivity contribution in [3.8, 4) is 28.6 Å². The standard InChI is InChI=1S/C43H29F6N3.C2H6/c1-23-8-12-27-28-13-9-24(2)19-37(28)51(36(27)18-23)35-17-16-31(40-33(42(44,45)46)6-5-7-34(40)43(47,48)49)41(32(35)22-50)52-38-20-25(3)10-14-29(38)30-15-11-26(4)21-39(30)52;1-2/h5-21H,1-4H3;1-2H3. The van der Waals surface area contributed by atoms with Crippen LogP contribution in [-0.4, -0.2) is 9.13 Å². The lowest BCUT2D eigenvalue weighted by Crippen LogP contribution is -2.16. The van der Waals surface area contributed by atoms with Crippen molar-refractivity contribution >= 4 is 43.6 Å². The maximum absolute atomic E-state index is 14.9. The van der Waals surface area contributed by atoms with E-state index in [1.165, 1.54) is 12.1 Å². The number of nitrogens with zero attached hydrogens (tertiary/aromatic N) is 3. The molecular formula is C45H35F6N3. The molecule has 8 aromatic rings. The summed E-state index contributed by atoms with van der Waals surface area (Å²) in [7, 11) is 0. The number of halogens is 6. The van der Waals surface area contributed by atoms with E-state index in [0.717, 1.165) is 60.9 Å². The van der Waals surface area contributed by atoms with E-state index in [4.69, 9.17) is 0 Å². The molecule has 54 heavy (non-hydrogen) atoms. The van der Waals surface area contributed by atoms with Crippen molar-refractivity contribution < 1.29 is 26.3 Å². The Labute approximate surface area is 308 Å². The first-order valence-corrected chi connectivity index (χ1v) is 17.6. The van der Waals surface area contributed by atoms with Gasteiger partial charge in [-0.1, -0.05) is 74.5 Å². The minimum atomic E-state index is -5.14. The van der Waals surface area contributed by atoms with Gasteiger partial charge in [-0.05, 0) is 92.4 Å². The number of nitriles is 1. The van der Waals surface area contributed by atoms with Gasteiger partial charge in [0.2, 0.25) is 0 Å². The molecule has 0 fully saturated rings. The molecule has 0 spiro atoms. The Bertz CT molecular complexity index is 2670. The molecule has 2 heterocycles. The van der Waals surface area contributed by atoms with Crippen LogP contribution in [0.1, 0.15) is 52.8 Å². The average molecular weight is 732 g/mol. The maximum Gasteiger partial charge on any atom is 0.417 e. The van der Waals surface area contributed by atoms with E-state index in [-0.39, 0.29) is 16.8 Å². The second-order valence-electron chi connectivity index (χ2n) is 13.4. The third kappa shape index (κ3) is 5.77. The highest BCUT2D eigenvalue weighted by atomic mass is 19.4. The Morgan fingerprint density at radius 2 is 0.870 bits per heavy atom. The Balaban J connectivity index is 0.00000221. The van der Waals surface area contributed by atoms with Crippen molar-refractivity contribution in [3.63, 3.8) is 0 Å². The average Bonchev–Trinajstić information content (AvgIpc) is 3.60. The lowest BCUT2D eigenvalue weighted by molar-refractivity contribution is -0.142. The second kappa shape index (κ2) is 13.1. The zero-order chi connectivity index (χ0) is 38.9. The quantitative estimate of drug-likeness (QED) is 0.167. The van der Waals surface area contributed by atoms with Gasteiger partial charge < -0.3 is 9.13 Å². The van der Waals surface area contributed by atoms with Gasteiger partial charge in [-0.15, -0.1) is 0 Å². The summed E-state index contributed by atoms with van der Waals surface area (Å²) in [5.41, 5.74) is 1.97. The second-order valence-corrected chi connectivity index (χ2v) is 13.4. The Kier molecular flexibility index (Phi) is 8.84. The van der Waals surface area contributed by atoms with E-state index in [0.29, 0.717) is 28.9 Å². The molecule has 0 unspecified atom stereocenters. The maximum atomic E-state index is 14.9. The summed E-state index contributed by atoms with van der Waals surface area (Å²) in [5, 5.41) is 14.5. The molecular weight excluding hydrogens is 697 g/mol. The van der Waals surface area contributed by atoms with Gasteiger partial charge in [0, 0.05) is 32.7 Å². The molecule has 0 aliphatic heterocycles. The van der Waals surface area contributed by atoms with Gasteiger partial charge in [0.1, 0.15) is 11.6 Å². The van der Waals surface area contributed by atoms with Crippen LogP contribution in [0.25, 0.3) is 66.1 Å². The lowest BCUT2D eigenvalue weighted by atomic mass is 9.90. The number of fused-ring (bicyclic) bond motifs is 6. The van der Waals surface area contributed by atoms with Gasteiger partial charge in [-0.25, -0.2) is 0 Å². The van der Waals surface area contributed by atoms with Crippen LogP contribution < -0.4 is 0 Å². The van der Waals surface area contributed by atoms with E-state index >= 15 is 0 Å².